The van der Waals surface area contributed by atoms with E-state index in [-0.39, 0.29) is 0 Å². The predicted molar refractivity (Wildman–Crippen MR) is 68.6 cm³/mol. The monoisotopic (exact) mass is 237 g/mol. The zero-order valence-electron chi connectivity index (χ0n) is 10.9. The molecule has 2 rings (SSSR count). The van der Waals surface area contributed by atoms with Crippen LogP contribution in [-0.2, 0) is 13.1 Å². The summed E-state index contributed by atoms with van der Waals surface area (Å²) in [6.45, 7) is 3.76. The summed E-state index contributed by atoms with van der Waals surface area (Å²) in [7, 11) is 4.27. The molecule has 1 aliphatic heterocycles. The van der Waals surface area contributed by atoms with Gasteiger partial charge >= 0.3 is 0 Å². The molecule has 2 N–H and O–H groups in total. The maximum Gasteiger partial charge on any atom is 0.122 e. The number of rotatable bonds is 5. The third kappa shape index (κ3) is 3.09. The quantitative estimate of drug-likeness (QED) is 0.837. The fraction of sp³-hybridized carbons (Fsp3) is 0.692. The maximum absolute atomic E-state index is 5.70. The van der Waals surface area contributed by atoms with Crippen molar-refractivity contribution in [2.75, 3.05) is 27.2 Å². The number of likely N-dealkylation sites (N-methyl/N-ethyl adjacent to an activating group) is 1. The topological polar surface area (TPSA) is 45.6 Å². The van der Waals surface area contributed by atoms with Crippen LogP contribution in [0.5, 0.6) is 0 Å². The van der Waals surface area contributed by atoms with E-state index in [9.17, 15) is 0 Å². The Kier molecular flexibility index (Phi) is 4.20. The van der Waals surface area contributed by atoms with Gasteiger partial charge in [-0.1, -0.05) is 0 Å². The minimum Gasteiger partial charge on any atom is -0.468 e. The number of nitrogens with zero attached hydrogens (tertiary/aromatic N) is 2. The maximum atomic E-state index is 5.70. The number of likely N-dealkylation sites (tertiary alicyclic amines) is 1. The Morgan fingerprint density at radius 1 is 1.53 bits per heavy atom. The Labute approximate surface area is 103 Å². The zero-order chi connectivity index (χ0) is 12.3. The van der Waals surface area contributed by atoms with E-state index >= 15 is 0 Å². The molecule has 0 radical (unpaired) electrons. The molecule has 0 aromatic carbocycles. The minimum atomic E-state index is 0.567. The van der Waals surface area contributed by atoms with Gasteiger partial charge in [-0.2, -0.15) is 0 Å². The van der Waals surface area contributed by atoms with E-state index in [0.29, 0.717) is 12.6 Å². The second-order valence-corrected chi connectivity index (χ2v) is 5.10. The molecule has 1 unspecified atom stereocenters. The van der Waals surface area contributed by atoms with Crippen LogP contribution < -0.4 is 5.73 Å². The van der Waals surface area contributed by atoms with Crippen LogP contribution in [0.3, 0.4) is 0 Å². The van der Waals surface area contributed by atoms with E-state index in [0.717, 1.165) is 24.4 Å². The van der Waals surface area contributed by atoms with E-state index in [1.165, 1.54) is 19.4 Å². The first kappa shape index (κ1) is 12.6. The highest BCUT2D eigenvalue weighted by Crippen LogP contribution is 2.22. The lowest BCUT2D eigenvalue weighted by molar-refractivity contribution is 0.188. The van der Waals surface area contributed by atoms with Gasteiger partial charge in [0.1, 0.15) is 5.76 Å². The molecular weight excluding hydrogens is 214 g/mol. The molecule has 1 saturated heterocycles. The molecule has 2 heterocycles. The molecular formula is C13H23N3O. The van der Waals surface area contributed by atoms with Crippen LogP contribution in [0.1, 0.15) is 24.2 Å². The van der Waals surface area contributed by atoms with Gasteiger partial charge in [0.05, 0.1) is 12.8 Å². The van der Waals surface area contributed by atoms with Crippen molar-refractivity contribution in [1.29, 1.82) is 0 Å². The van der Waals surface area contributed by atoms with E-state index in [2.05, 4.69) is 23.9 Å². The fourth-order valence-corrected chi connectivity index (χ4v) is 2.60. The number of nitrogens with two attached hydrogens (primary N) is 1. The molecule has 1 aliphatic rings. The van der Waals surface area contributed by atoms with Gasteiger partial charge in [-0.05, 0) is 39.5 Å². The number of hydrogen-bond acceptors (Lipinski definition) is 4. The second-order valence-electron chi connectivity index (χ2n) is 5.10. The van der Waals surface area contributed by atoms with Gasteiger partial charge < -0.3 is 15.1 Å². The van der Waals surface area contributed by atoms with Gasteiger partial charge in [-0.25, -0.2) is 0 Å². The normalized spacial score (nSPS) is 21.5. The summed E-state index contributed by atoms with van der Waals surface area (Å²) < 4.78 is 5.54. The summed E-state index contributed by atoms with van der Waals surface area (Å²) in [6, 6.07) is 2.63. The van der Waals surface area contributed by atoms with Crippen LogP contribution in [0.4, 0.5) is 0 Å². The summed E-state index contributed by atoms with van der Waals surface area (Å²) >= 11 is 0. The lowest BCUT2D eigenvalue weighted by atomic mass is 10.2. The highest BCUT2D eigenvalue weighted by atomic mass is 16.3. The summed E-state index contributed by atoms with van der Waals surface area (Å²) in [5, 5.41) is 0. The van der Waals surface area contributed by atoms with Crippen molar-refractivity contribution in [3.8, 4) is 0 Å². The van der Waals surface area contributed by atoms with Crippen molar-refractivity contribution in [2.45, 2.75) is 32.0 Å². The summed E-state index contributed by atoms with van der Waals surface area (Å²) in [5.74, 6) is 1.04. The molecule has 0 aliphatic carbocycles. The molecule has 0 saturated carbocycles. The van der Waals surface area contributed by atoms with Gasteiger partial charge in [0.2, 0.25) is 0 Å². The van der Waals surface area contributed by atoms with Gasteiger partial charge in [-0.3, -0.25) is 4.90 Å². The zero-order valence-corrected chi connectivity index (χ0v) is 10.9. The van der Waals surface area contributed by atoms with Crippen LogP contribution >= 0.6 is 0 Å². The van der Waals surface area contributed by atoms with E-state index in [4.69, 9.17) is 10.2 Å². The third-order valence-electron chi connectivity index (χ3n) is 3.48. The first-order chi connectivity index (χ1) is 8.20. The van der Waals surface area contributed by atoms with E-state index in [1.807, 2.05) is 6.07 Å². The Morgan fingerprint density at radius 2 is 2.35 bits per heavy atom. The predicted octanol–water partition coefficient (Wildman–Crippen LogP) is 1.26. The van der Waals surface area contributed by atoms with Crippen molar-refractivity contribution in [3.05, 3.63) is 23.7 Å². The Morgan fingerprint density at radius 3 is 3.06 bits per heavy atom. The van der Waals surface area contributed by atoms with Crippen LogP contribution in [0.15, 0.2) is 16.7 Å². The standard InChI is InChI=1S/C13H23N3O/c1-15(2)9-12-4-3-6-16(12)10-13-11(8-14)5-7-17-13/h5,7,12H,3-4,6,8-10,14H2,1-2H3. The van der Waals surface area contributed by atoms with Crippen molar-refractivity contribution in [2.24, 2.45) is 5.73 Å². The molecule has 1 fully saturated rings. The van der Waals surface area contributed by atoms with Gasteiger partial charge in [-0.15, -0.1) is 0 Å². The number of furan rings is 1. The molecule has 0 spiro atoms. The molecule has 96 valence electrons. The number of hydrogen-bond donors (Lipinski definition) is 1. The van der Waals surface area contributed by atoms with Gasteiger partial charge in [0, 0.05) is 24.7 Å². The van der Waals surface area contributed by atoms with E-state index in [1.54, 1.807) is 6.26 Å². The highest BCUT2D eigenvalue weighted by molar-refractivity contribution is 5.16. The van der Waals surface area contributed by atoms with Crippen molar-refractivity contribution >= 4 is 0 Å². The summed E-state index contributed by atoms with van der Waals surface area (Å²) in [5.41, 5.74) is 6.84. The van der Waals surface area contributed by atoms with Crippen LogP contribution in [0, 0.1) is 0 Å². The lowest BCUT2D eigenvalue weighted by Crippen LogP contribution is -2.37. The minimum absolute atomic E-state index is 0.567. The third-order valence-corrected chi connectivity index (χ3v) is 3.48. The lowest BCUT2D eigenvalue weighted by Gasteiger charge is -2.26. The van der Waals surface area contributed by atoms with Crippen molar-refractivity contribution in [1.82, 2.24) is 9.80 Å². The summed E-state index contributed by atoms with van der Waals surface area (Å²) in [4.78, 5) is 4.77. The molecule has 1 atom stereocenters. The Hall–Kier alpha value is -0.840. The Bertz CT molecular complexity index is 348. The average molecular weight is 237 g/mol. The van der Waals surface area contributed by atoms with Gasteiger partial charge in [0.15, 0.2) is 0 Å². The SMILES string of the molecule is CN(C)CC1CCCN1Cc1occc1CN. The van der Waals surface area contributed by atoms with Crippen LogP contribution in [-0.4, -0.2) is 43.0 Å². The van der Waals surface area contributed by atoms with Crippen LogP contribution in [0.2, 0.25) is 0 Å². The summed E-state index contributed by atoms with van der Waals surface area (Å²) in [6.07, 6.45) is 4.32. The molecule has 0 bridgehead atoms. The van der Waals surface area contributed by atoms with Crippen molar-refractivity contribution in [3.63, 3.8) is 0 Å². The smallest absolute Gasteiger partial charge is 0.122 e. The van der Waals surface area contributed by atoms with Gasteiger partial charge in [0.25, 0.3) is 0 Å². The first-order valence-electron chi connectivity index (χ1n) is 6.34. The van der Waals surface area contributed by atoms with Crippen molar-refractivity contribution < 1.29 is 4.42 Å². The molecule has 17 heavy (non-hydrogen) atoms. The Balaban J connectivity index is 1.97. The second kappa shape index (κ2) is 5.67. The highest BCUT2D eigenvalue weighted by Gasteiger charge is 2.26. The molecule has 4 heteroatoms. The largest absolute Gasteiger partial charge is 0.468 e. The molecule has 1 aromatic heterocycles. The molecule has 1 aromatic rings. The first-order valence-corrected chi connectivity index (χ1v) is 6.34. The fourth-order valence-electron chi connectivity index (χ4n) is 2.60. The average Bonchev–Trinajstić information content (AvgIpc) is 2.88. The van der Waals surface area contributed by atoms with E-state index < -0.39 is 0 Å². The van der Waals surface area contributed by atoms with Crippen LogP contribution in [0.25, 0.3) is 0 Å². The molecule has 0 amide bonds. The molecule has 4 nitrogen and oxygen atoms in total.